The van der Waals surface area contributed by atoms with Gasteiger partial charge in [-0.2, -0.15) is 0 Å². The summed E-state index contributed by atoms with van der Waals surface area (Å²) >= 11 is 0. The second-order valence-electron chi connectivity index (χ2n) is 3.04. The highest BCUT2D eigenvalue weighted by Gasteiger charge is 2.22. The van der Waals surface area contributed by atoms with Gasteiger partial charge in [0.25, 0.3) is 0 Å². The van der Waals surface area contributed by atoms with Crippen LogP contribution in [0.15, 0.2) is 0 Å². The van der Waals surface area contributed by atoms with E-state index in [0.717, 1.165) is 0 Å². The lowest BCUT2D eigenvalue weighted by Gasteiger charge is -2.28. The summed E-state index contributed by atoms with van der Waals surface area (Å²) in [4.78, 5) is 10.9. The maximum atomic E-state index is 10.9. The minimum absolute atomic E-state index is 0.0607. The fourth-order valence-corrected chi connectivity index (χ4v) is 1.21. The second-order valence-corrected chi connectivity index (χ2v) is 3.04. The summed E-state index contributed by atoms with van der Waals surface area (Å²) in [6, 6.07) is -0.153. The lowest BCUT2D eigenvalue weighted by atomic mass is 10.1. The number of hydrogen-bond acceptors (Lipinski definition) is 4. The van der Waals surface area contributed by atoms with Gasteiger partial charge in [-0.3, -0.25) is 4.79 Å². The Morgan fingerprint density at radius 2 is 2.50 bits per heavy atom. The maximum Gasteiger partial charge on any atom is 0.149 e. The molecule has 1 fully saturated rings. The first kappa shape index (κ1) is 9.64. The number of hydrogen-bond donors (Lipinski definition) is 2. The molecule has 0 bridgehead atoms. The van der Waals surface area contributed by atoms with Crippen LogP contribution in [0.1, 0.15) is 13.3 Å². The van der Waals surface area contributed by atoms with Crippen molar-refractivity contribution >= 4 is 5.78 Å². The molecule has 12 heavy (non-hydrogen) atoms. The van der Waals surface area contributed by atoms with Crippen molar-refractivity contribution in [3.8, 4) is 0 Å². The van der Waals surface area contributed by atoms with Gasteiger partial charge in [-0.25, -0.2) is 0 Å². The smallest absolute Gasteiger partial charge is 0.149 e. The Hall–Kier alpha value is -0.450. The number of carbonyl (C=O) groups is 1. The fraction of sp³-hybridized carbons (Fsp3) is 0.875. The Labute approximate surface area is 71.9 Å². The first-order chi connectivity index (χ1) is 5.74. The Morgan fingerprint density at radius 1 is 1.75 bits per heavy atom. The molecule has 0 aromatic heterocycles. The zero-order valence-electron chi connectivity index (χ0n) is 7.25. The van der Waals surface area contributed by atoms with Gasteiger partial charge >= 0.3 is 0 Å². The second kappa shape index (κ2) is 4.54. The number of aliphatic hydroxyl groups excluding tert-OH is 1. The zero-order chi connectivity index (χ0) is 8.97. The monoisotopic (exact) mass is 173 g/mol. The van der Waals surface area contributed by atoms with E-state index < -0.39 is 0 Å². The van der Waals surface area contributed by atoms with E-state index in [2.05, 4.69) is 5.32 Å². The summed E-state index contributed by atoms with van der Waals surface area (Å²) in [5, 5.41) is 11.7. The number of Topliss-reactive ketones (excluding diaryl/α,β-unsaturated/α-hetero) is 1. The molecule has 1 aliphatic heterocycles. The molecular weight excluding hydrogens is 158 g/mol. The molecule has 70 valence electrons. The summed E-state index contributed by atoms with van der Waals surface area (Å²) in [6.45, 7) is 2.77. The lowest BCUT2D eigenvalue weighted by Crippen LogP contribution is -2.49. The van der Waals surface area contributed by atoms with Crippen LogP contribution in [0.2, 0.25) is 0 Å². The van der Waals surface area contributed by atoms with Crippen molar-refractivity contribution in [2.75, 3.05) is 19.8 Å². The molecule has 4 heteroatoms. The van der Waals surface area contributed by atoms with Gasteiger partial charge in [0.15, 0.2) is 0 Å². The molecule has 0 spiro atoms. The molecule has 1 heterocycles. The van der Waals surface area contributed by atoms with Gasteiger partial charge in [-0.15, -0.1) is 0 Å². The lowest BCUT2D eigenvalue weighted by molar-refractivity contribution is -0.123. The molecule has 0 aliphatic carbocycles. The highest BCUT2D eigenvalue weighted by molar-refractivity contribution is 5.81. The summed E-state index contributed by atoms with van der Waals surface area (Å²) in [7, 11) is 0. The molecule has 0 aromatic carbocycles. The quantitative estimate of drug-likeness (QED) is 0.593. The molecule has 0 saturated carbocycles. The predicted molar refractivity (Wildman–Crippen MR) is 43.9 cm³/mol. The van der Waals surface area contributed by atoms with Gasteiger partial charge in [-0.05, 0) is 13.3 Å². The summed E-state index contributed by atoms with van der Waals surface area (Å²) in [5.74, 6) is 0.109. The molecule has 2 unspecified atom stereocenters. The Kier molecular flexibility index (Phi) is 3.65. The van der Waals surface area contributed by atoms with E-state index in [-0.39, 0.29) is 24.5 Å². The molecular formula is C8H15NO3. The molecule has 0 aromatic rings. The van der Waals surface area contributed by atoms with E-state index in [0.29, 0.717) is 19.6 Å². The molecule has 4 nitrogen and oxygen atoms in total. The molecule has 1 aliphatic rings. The number of rotatable bonds is 3. The van der Waals surface area contributed by atoms with Crippen molar-refractivity contribution in [2.45, 2.75) is 25.5 Å². The zero-order valence-corrected chi connectivity index (χ0v) is 7.25. The van der Waals surface area contributed by atoms with Crippen molar-refractivity contribution in [1.29, 1.82) is 0 Å². The van der Waals surface area contributed by atoms with E-state index in [1.165, 1.54) is 0 Å². The average Bonchev–Trinajstić information content (AvgIpc) is 2.06. The van der Waals surface area contributed by atoms with Crippen LogP contribution in [0.3, 0.4) is 0 Å². The van der Waals surface area contributed by atoms with Gasteiger partial charge in [0.2, 0.25) is 0 Å². The molecule has 2 atom stereocenters. The number of ether oxygens (including phenoxy) is 1. The van der Waals surface area contributed by atoms with Crippen molar-refractivity contribution in [3.63, 3.8) is 0 Å². The molecule has 1 rings (SSSR count). The average molecular weight is 173 g/mol. The number of ketones is 1. The van der Waals surface area contributed by atoms with Crippen LogP contribution >= 0.6 is 0 Å². The highest BCUT2D eigenvalue weighted by atomic mass is 16.5. The number of aliphatic hydroxyl groups is 1. The minimum Gasteiger partial charge on any atom is -0.396 e. The first-order valence-corrected chi connectivity index (χ1v) is 4.20. The van der Waals surface area contributed by atoms with Gasteiger partial charge in [0, 0.05) is 13.2 Å². The standard InChI is InChI=1S/C8H15NO3/c1-6(11)8-5-12-7(2-3-10)4-9-8/h7-10H,2-5H2,1H3. The van der Waals surface area contributed by atoms with Crippen LogP contribution < -0.4 is 5.32 Å². The predicted octanol–water partition coefficient (Wildman–Crippen LogP) is -0.685. The summed E-state index contributed by atoms with van der Waals surface area (Å²) < 4.78 is 5.35. The molecule has 1 saturated heterocycles. The fourth-order valence-electron chi connectivity index (χ4n) is 1.21. The molecule has 2 N–H and O–H groups in total. The molecule has 0 radical (unpaired) electrons. The van der Waals surface area contributed by atoms with Crippen LogP contribution in [0.5, 0.6) is 0 Å². The van der Waals surface area contributed by atoms with Crippen LogP contribution in [0, 0.1) is 0 Å². The van der Waals surface area contributed by atoms with Gasteiger partial charge < -0.3 is 15.2 Å². The Morgan fingerprint density at radius 3 is 2.92 bits per heavy atom. The SMILES string of the molecule is CC(=O)C1COC(CCO)CN1. The van der Waals surface area contributed by atoms with Crippen LogP contribution in [0.4, 0.5) is 0 Å². The number of nitrogens with one attached hydrogen (secondary N) is 1. The minimum atomic E-state index is -0.153. The van der Waals surface area contributed by atoms with Gasteiger partial charge in [0.05, 0.1) is 18.8 Å². The van der Waals surface area contributed by atoms with Crippen LogP contribution in [-0.4, -0.2) is 42.8 Å². The van der Waals surface area contributed by atoms with Gasteiger partial charge in [-0.1, -0.05) is 0 Å². The van der Waals surface area contributed by atoms with Crippen LogP contribution in [0.25, 0.3) is 0 Å². The van der Waals surface area contributed by atoms with Gasteiger partial charge in [0.1, 0.15) is 5.78 Å². The van der Waals surface area contributed by atoms with Crippen molar-refractivity contribution in [1.82, 2.24) is 5.32 Å². The summed E-state index contributed by atoms with van der Waals surface area (Å²) in [5.41, 5.74) is 0. The van der Waals surface area contributed by atoms with Crippen molar-refractivity contribution < 1.29 is 14.6 Å². The summed E-state index contributed by atoms with van der Waals surface area (Å²) in [6.07, 6.45) is 0.697. The van der Waals surface area contributed by atoms with E-state index >= 15 is 0 Å². The third-order valence-corrected chi connectivity index (χ3v) is 2.03. The van der Waals surface area contributed by atoms with E-state index in [9.17, 15) is 4.79 Å². The largest absolute Gasteiger partial charge is 0.396 e. The number of carbonyl (C=O) groups excluding carboxylic acids is 1. The molecule has 0 amide bonds. The third kappa shape index (κ3) is 2.55. The van der Waals surface area contributed by atoms with E-state index in [1.54, 1.807) is 6.92 Å². The van der Waals surface area contributed by atoms with E-state index in [4.69, 9.17) is 9.84 Å². The first-order valence-electron chi connectivity index (χ1n) is 4.20. The number of morpholine rings is 1. The highest BCUT2D eigenvalue weighted by Crippen LogP contribution is 2.04. The maximum absolute atomic E-state index is 10.9. The Bertz CT molecular complexity index is 152. The normalized spacial score (nSPS) is 30.2. The topological polar surface area (TPSA) is 58.6 Å². The van der Waals surface area contributed by atoms with Crippen molar-refractivity contribution in [3.05, 3.63) is 0 Å². The van der Waals surface area contributed by atoms with Crippen LogP contribution in [-0.2, 0) is 9.53 Å². The van der Waals surface area contributed by atoms with E-state index in [1.807, 2.05) is 0 Å². The Balaban J connectivity index is 2.25. The van der Waals surface area contributed by atoms with Crippen molar-refractivity contribution in [2.24, 2.45) is 0 Å². The third-order valence-electron chi connectivity index (χ3n) is 2.03.